The number of carbonyl (C=O) groups is 1. The van der Waals surface area contributed by atoms with Crippen LogP contribution < -0.4 is 15.6 Å². The molecule has 146 valence electrons. The molecule has 0 unspecified atom stereocenters. The molecule has 1 saturated carbocycles. The summed E-state index contributed by atoms with van der Waals surface area (Å²) in [5, 5.41) is 7.44. The van der Waals surface area contributed by atoms with Gasteiger partial charge in [0.15, 0.2) is 0 Å². The molecule has 1 aliphatic rings. The summed E-state index contributed by atoms with van der Waals surface area (Å²) in [7, 11) is 0. The van der Waals surface area contributed by atoms with Gasteiger partial charge in [-0.15, -0.1) is 0 Å². The summed E-state index contributed by atoms with van der Waals surface area (Å²) in [6.45, 7) is 2.78. The Balaban J connectivity index is 1.62. The second-order valence-electron chi connectivity index (χ2n) is 7.13. The van der Waals surface area contributed by atoms with Crippen molar-refractivity contribution in [1.29, 1.82) is 0 Å². The van der Waals surface area contributed by atoms with E-state index in [1.165, 1.54) is 4.57 Å². The molecule has 0 atom stereocenters. The maximum Gasteiger partial charge on any atom is 0.277 e. The molecule has 0 bridgehead atoms. The predicted molar refractivity (Wildman–Crippen MR) is 106 cm³/mol. The number of rotatable bonds is 8. The highest BCUT2D eigenvalue weighted by molar-refractivity contribution is 5.76. The molecular formula is C21H24N4O3. The summed E-state index contributed by atoms with van der Waals surface area (Å²) in [6, 6.07) is 9.72. The van der Waals surface area contributed by atoms with Gasteiger partial charge in [-0.2, -0.15) is 5.10 Å². The SMILES string of the molecule is CCCCOc1ccccc1-c1cc2c(=O)n(CC(=O)NC3CC3)ccn2n1. The predicted octanol–water partition coefficient (Wildman–Crippen LogP) is 2.62. The zero-order valence-corrected chi connectivity index (χ0v) is 15.9. The molecule has 0 spiro atoms. The van der Waals surface area contributed by atoms with Crippen LogP contribution in [0.1, 0.15) is 32.6 Å². The van der Waals surface area contributed by atoms with E-state index in [0.29, 0.717) is 17.8 Å². The average Bonchev–Trinajstić information content (AvgIpc) is 3.39. The Morgan fingerprint density at radius 3 is 2.89 bits per heavy atom. The van der Waals surface area contributed by atoms with Gasteiger partial charge >= 0.3 is 0 Å². The first-order valence-electron chi connectivity index (χ1n) is 9.76. The molecule has 1 fully saturated rings. The van der Waals surface area contributed by atoms with Crippen molar-refractivity contribution in [3.8, 4) is 17.0 Å². The Kier molecular flexibility index (Phi) is 5.14. The molecule has 4 rings (SSSR count). The van der Waals surface area contributed by atoms with Gasteiger partial charge in [-0.1, -0.05) is 25.5 Å². The molecule has 3 aromatic rings. The third-order valence-electron chi connectivity index (χ3n) is 4.78. The number of para-hydroxylation sites is 1. The first-order valence-corrected chi connectivity index (χ1v) is 9.76. The van der Waals surface area contributed by atoms with Gasteiger partial charge in [0.05, 0.1) is 12.3 Å². The summed E-state index contributed by atoms with van der Waals surface area (Å²) in [5.41, 5.74) is 1.71. The van der Waals surface area contributed by atoms with Crippen molar-refractivity contribution in [2.24, 2.45) is 0 Å². The van der Waals surface area contributed by atoms with E-state index in [1.54, 1.807) is 23.0 Å². The zero-order valence-electron chi connectivity index (χ0n) is 15.9. The molecule has 1 aromatic carbocycles. The molecule has 0 aliphatic heterocycles. The molecule has 1 aliphatic carbocycles. The molecular weight excluding hydrogens is 356 g/mol. The molecule has 1 N–H and O–H groups in total. The number of fused-ring (bicyclic) bond motifs is 1. The minimum atomic E-state index is -0.239. The quantitative estimate of drug-likeness (QED) is 0.610. The van der Waals surface area contributed by atoms with E-state index in [2.05, 4.69) is 17.3 Å². The Labute approximate surface area is 162 Å². The summed E-state index contributed by atoms with van der Waals surface area (Å²) in [4.78, 5) is 24.8. The van der Waals surface area contributed by atoms with Crippen LogP contribution in [0.5, 0.6) is 5.75 Å². The molecule has 28 heavy (non-hydrogen) atoms. The van der Waals surface area contributed by atoms with E-state index >= 15 is 0 Å². The average molecular weight is 380 g/mol. The van der Waals surface area contributed by atoms with E-state index < -0.39 is 0 Å². The van der Waals surface area contributed by atoms with E-state index in [9.17, 15) is 9.59 Å². The van der Waals surface area contributed by atoms with Gasteiger partial charge < -0.3 is 14.6 Å². The van der Waals surface area contributed by atoms with Gasteiger partial charge in [0.2, 0.25) is 5.91 Å². The van der Waals surface area contributed by atoms with Crippen molar-refractivity contribution in [1.82, 2.24) is 19.5 Å². The first kappa shape index (κ1) is 18.3. The zero-order chi connectivity index (χ0) is 19.5. The van der Waals surface area contributed by atoms with E-state index in [0.717, 1.165) is 37.0 Å². The number of unbranched alkanes of at least 4 members (excludes halogenated alkanes) is 1. The fourth-order valence-corrected chi connectivity index (χ4v) is 3.07. The molecule has 1 amide bonds. The smallest absolute Gasteiger partial charge is 0.277 e. The number of aromatic nitrogens is 3. The highest BCUT2D eigenvalue weighted by atomic mass is 16.5. The van der Waals surface area contributed by atoms with Crippen LogP contribution >= 0.6 is 0 Å². The lowest BCUT2D eigenvalue weighted by Gasteiger charge is -2.09. The van der Waals surface area contributed by atoms with E-state index in [4.69, 9.17) is 4.74 Å². The highest BCUT2D eigenvalue weighted by Crippen LogP contribution is 2.29. The molecule has 7 nitrogen and oxygen atoms in total. The van der Waals surface area contributed by atoms with Crippen molar-refractivity contribution >= 4 is 11.4 Å². The van der Waals surface area contributed by atoms with Gasteiger partial charge in [-0.3, -0.25) is 9.59 Å². The molecule has 0 saturated heterocycles. The largest absolute Gasteiger partial charge is 0.493 e. The maximum absolute atomic E-state index is 12.8. The molecule has 7 heteroatoms. The minimum Gasteiger partial charge on any atom is -0.493 e. The van der Waals surface area contributed by atoms with Crippen LogP contribution in [-0.2, 0) is 11.3 Å². The van der Waals surface area contributed by atoms with Gasteiger partial charge in [-0.05, 0) is 37.5 Å². The summed E-state index contributed by atoms with van der Waals surface area (Å²) in [5.74, 6) is 0.617. The van der Waals surface area contributed by atoms with Crippen LogP contribution in [0, 0.1) is 0 Å². The molecule has 2 aromatic heterocycles. The summed E-state index contributed by atoms with van der Waals surface area (Å²) in [6.07, 6.45) is 7.38. The van der Waals surface area contributed by atoms with Crippen LogP contribution in [0.3, 0.4) is 0 Å². The number of amides is 1. The number of benzene rings is 1. The monoisotopic (exact) mass is 380 g/mol. The van der Waals surface area contributed by atoms with Gasteiger partial charge in [0.25, 0.3) is 5.56 Å². The Morgan fingerprint density at radius 1 is 1.29 bits per heavy atom. The fourth-order valence-electron chi connectivity index (χ4n) is 3.07. The number of carbonyl (C=O) groups excluding carboxylic acids is 1. The van der Waals surface area contributed by atoms with E-state index in [-0.39, 0.29) is 24.1 Å². The van der Waals surface area contributed by atoms with Crippen LogP contribution in [-0.4, -0.2) is 32.7 Å². The lowest BCUT2D eigenvalue weighted by Crippen LogP contribution is -2.33. The lowest BCUT2D eigenvalue weighted by molar-refractivity contribution is -0.121. The standard InChI is InChI=1S/C21H24N4O3/c1-2-3-12-28-19-7-5-4-6-16(19)17-13-18-21(27)24(10-11-25(18)23-17)14-20(26)22-15-8-9-15/h4-7,10-11,13,15H,2-3,8-9,12,14H2,1H3,(H,22,26). The van der Waals surface area contributed by atoms with Crippen molar-refractivity contribution in [3.63, 3.8) is 0 Å². The van der Waals surface area contributed by atoms with Crippen molar-refractivity contribution in [2.45, 2.75) is 45.2 Å². The van der Waals surface area contributed by atoms with Gasteiger partial charge in [0, 0.05) is 24.0 Å². The number of hydrogen-bond acceptors (Lipinski definition) is 4. The number of nitrogens with zero attached hydrogens (tertiary/aromatic N) is 3. The topological polar surface area (TPSA) is 77.6 Å². The normalized spacial score (nSPS) is 13.6. The summed E-state index contributed by atoms with van der Waals surface area (Å²) < 4.78 is 8.86. The van der Waals surface area contributed by atoms with Crippen LogP contribution in [0.2, 0.25) is 0 Å². The fraction of sp³-hybridized carbons (Fsp3) is 0.381. The number of ether oxygens (including phenoxy) is 1. The van der Waals surface area contributed by atoms with Crippen molar-refractivity contribution < 1.29 is 9.53 Å². The lowest BCUT2D eigenvalue weighted by atomic mass is 10.1. The van der Waals surface area contributed by atoms with E-state index in [1.807, 2.05) is 24.3 Å². The Morgan fingerprint density at radius 2 is 2.11 bits per heavy atom. The summed E-state index contributed by atoms with van der Waals surface area (Å²) >= 11 is 0. The third-order valence-corrected chi connectivity index (χ3v) is 4.78. The second-order valence-corrected chi connectivity index (χ2v) is 7.13. The Hall–Kier alpha value is -3.09. The second kappa shape index (κ2) is 7.88. The van der Waals surface area contributed by atoms with Crippen molar-refractivity contribution in [3.05, 3.63) is 53.1 Å². The number of hydrogen-bond donors (Lipinski definition) is 1. The highest BCUT2D eigenvalue weighted by Gasteiger charge is 2.23. The van der Waals surface area contributed by atoms with Crippen LogP contribution in [0.15, 0.2) is 47.5 Å². The first-order chi connectivity index (χ1) is 13.7. The maximum atomic E-state index is 12.8. The van der Waals surface area contributed by atoms with Crippen molar-refractivity contribution in [2.75, 3.05) is 6.61 Å². The minimum absolute atomic E-state index is 0.0169. The Bertz CT molecular complexity index is 1050. The number of nitrogens with one attached hydrogen (secondary N) is 1. The van der Waals surface area contributed by atoms with Gasteiger partial charge in [-0.25, -0.2) is 4.52 Å². The van der Waals surface area contributed by atoms with Gasteiger partial charge in [0.1, 0.15) is 17.8 Å². The third kappa shape index (κ3) is 3.93. The molecule has 0 radical (unpaired) electrons. The van der Waals surface area contributed by atoms with Crippen LogP contribution in [0.25, 0.3) is 16.8 Å². The van der Waals surface area contributed by atoms with Crippen LogP contribution in [0.4, 0.5) is 0 Å². The molecule has 2 heterocycles.